The summed E-state index contributed by atoms with van der Waals surface area (Å²) in [5.41, 5.74) is 9.13. The number of aryl methyl sites for hydroxylation is 1. The molecular weight excluding hydrogens is 202 g/mol. The zero-order chi connectivity index (χ0) is 11.5. The largest absolute Gasteiger partial charge is 0.387 e. The minimum absolute atomic E-state index is 0.236. The number of benzene rings is 1. The van der Waals surface area contributed by atoms with Crippen molar-refractivity contribution >= 4 is 0 Å². The van der Waals surface area contributed by atoms with Crippen LogP contribution in [0.2, 0.25) is 0 Å². The first-order chi connectivity index (χ1) is 7.68. The standard InChI is InChI=1S/C13H19NO2/c1-9(14)13(15)11-4-5-12-8-16-6-2-3-10(12)7-11/h4-5,7,9,13,15H,2-3,6,8,14H2,1H3/t9-,13-/m0/s1. The normalized spacial score (nSPS) is 19.7. The van der Waals surface area contributed by atoms with Gasteiger partial charge in [-0.1, -0.05) is 18.2 Å². The van der Waals surface area contributed by atoms with Crippen molar-refractivity contribution in [2.45, 2.75) is 38.5 Å². The monoisotopic (exact) mass is 221 g/mol. The first-order valence-corrected chi connectivity index (χ1v) is 5.81. The van der Waals surface area contributed by atoms with Gasteiger partial charge in [0.05, 0.1) is 12.7 Å². The first kappa shape index (κ1) is 11.6. The molecule has 0 unspecified atom stereocenters. The number of rotatable bonds is 2. The van der Waals surface area contributed by atoms with Crippen molar-refractivity contribution in [3.8, 4) is 0 Å². The molecule has 88 valence electrons. The molecule has 16 heavy (non-hydrogen) atoms. The first-order valence-electron chi connectivity index (χ1n) is 5.81. The lowest BCUT2D eigenvalue weighted by molar-refractivity contribution is 0.125. The van der Waals surface area contributed by atoms with Crippen LogP contribution in [0.4, 0.5) is 0 Å². The average Bonchev–Trinajstić information content (AvgIpc) is 2.51. The van der Waals surface area contributed by atoms with Crippen LogP contribution in [-0.4, -0.2) is 17.8 Å². The average molecular weight is 221 g/mol. The summed E-state index contributed by atoms with van der Waals surface area (Å²) in [6.07, 6.45) is 1.49. The zero-order valence-electron chi connectivity index (χ0n) is 9.65. The van der Waals surface area contributed by atoms with E-state index in [-0.39, 0.29) is 6.04 Å². The highest BCUT2D eigenvalue weighted by molar-refractivity contribution is 5.33. The Hall–Kier alpha value is -0.900. The molecular formula is C13H19NO2. The second-order valence-corrected chi connectivity index (χ2v) is 4.49. The van der Waals surface area contributed by atoms with Gasteiger partial charge in [-0.2, -0.15) is 0 Å². The van der Waals surface area contributed by atoms with Crippen LogP contribution < -0.4 is 5.73 Å². The van der Waals surface area contributed by atoms with Crippen molar-refractivity contribution < 1.29 is 9.84 Å². The van der Waals surface area contributed by atoms with E-state index in [0.29, 0.717) is 6.61 Å². The Morgan fingerprint density at radius 1 is 1.38 bits per heavy atom. The number of hydrogen-bond donors (Lipinski definition) is 2. The Kier molecular flexibility index (Phi) is 3.59. The maximum atomic E-state index is 9.91. The van der Waals surface area contributed by atoms with Gasteiger partial charge >= 0.3 is 0 Å². The molecule has 1 aliphatic heterocycles. The maximum absolute atomic E-state index is 9.91. The van der Waals surface area contributed by atoms with E-state index in [1.54, 1.807) is 0 Å². The van der Waals surface area contributed by atoms with Crippen LogP contribution in [0.1, 0.15) is 36.1 Å². The molecule has 1 aliphatic rings. The number of ether oxygens (including phenoxy) is 1. The second kappa shape index (κ2) is 4.95. The quantitative estimate of drug-likeness (QED) is 0.796. The predicted molar refractivity (Wildman–Crippen MR) is 63.0 cm³/mol. The molecule has 3 N–H and O–H groups in total. The predicted octanol–water partition coefficient (Wildman–Crippen LogP) is 1.53. The summed E-state index contributed by atoms with van der Waals surface area (Å²) in [6, 6.07) is 5.82. The van der Waals surface area contributed by atoms with Crippen LogP contribution in [0.3, 0.4) is 0 Å². The van der Waals surface area contributed by atoms with E-state index in [1.807, 2.05) is 19.1 Å². The summed E-state index contributed by atoms with van der Waals surface area (Å²) >= 11 is 0. The van der Waals surface area contributed by atoms with E-state index in [2.05, 4.69) is 6.07 Å². The number of aliphatic hydroxyl groups is 1. The molecule has 2 atom stereocenters. The van der Waals surface area contributed by atoms with Gasteiger partial charge in [-0.25, -0.2) is 0 Å². The number of fused-ring (bicyclic) bond motifs is 1. The van der Waals surface area contributed by atoms with Crippen molar-refractivity contribution in [1.82, 2.24) is 0 Å². The number of hydrogen-bond acceptors (Lipinski definition) is 3. The van der Waals surface area contributed by atoms with Gasteiger partial charge in [0.1, 0.15) is 0 Å². The molecule has 2 rings (SSSR count). The minimum atomic E-state index is -0.575. The third-order valence-corrected chi connectivity index (χ3v) is 3.06. The summed E-state index contributed by atoms with van der Waals surface area (Å²) in [5.74, 6) is 0. The highest BCUT2D eigenvalue weighted by atomic mass is 16.5. The van der Waals surface area contributed by atoms with Gasteiger partial charge in [0.15, 0.2) is 0 Å². The lowest BCUT2D eigenvalue weighted by atomic mass is 9.96. The van der Waals surface area contributed by atoms with Crippen molar-refractivity contribution in [2.75, 3.05) is 6.61 Å². The van der Waals surface area contributed by atoms with E-state index < -0.39 is 6.10 Å². The topological polar surface area (TPSA) is 55.5 Å². The highest BCUT2D eigenvalue weighted by Gasteiger charge is 2.15. The summed E-state index contributed by atoms with van der Waals surface area (Å²) in [4.78, 5) is 0. The van der Waals surface area contributed by atoms with Gasteiger partial charge < -0.3 is 15.6 Å². The summed E-state index contributed by atoms with van der Waals surface area (Å²) in [5, 5.41) is 9.91. The molecule has 0 saturated heterocycles. The molecule has 3 heteroatoms. The zero-order valence-corrected chi connectivity index (χ0v) is 9.65. The van der Waals surface area contributed by atoms with Gasteiger partial charge in [-0.3, -0.25) is 0 Å². The third-order valence-electron chi connectivity index (χ3n) is 3.06. The summed E-state index contributed by atoms with van der Waals surface area (Å²) in [6.45, 7) is 3.32. The van der Waals surface area contributed by atoms with Crippen LogP contribution in [-0.2, 0) is 17.8 Å². The van der Waals surface area contributed by atoms with E-state index >= 15 is 0 Å². The van der Waals surface area contributed by atoms with Crippen molar-refractivity contribution in [1.29, 1.82) is 0 Å². The molecule has 1 heterocycles. The summed E-state index contributed by atoms with van der Waals surface area (Å²) in [7, 11) is 0. The Labute approximate surface area is 96.2 Å². The SMILES string of the molecule is C[C@H](N)[C@H](O)c1ccc2c(c1)CCCOC2. The molecule has 0 radical (unpaired) electrons. The molecule has 0 bridgehead atoms. The van der Waals surface area contributed by atoms with Crippen molar-refractivity contribution in [3.63, 3.8) is 0 Å². The molecule has 0 aliphatic carbocycles. The molecule has 3 nitrogen and oxygen atoms in total. The Morgan fingerprint density at radius 3 is 2.94 bits per heavy atom. The number of nitrogens with two attached hydrogens (primary N) is 1. The molecule has 0 aromatic heterocycles. The number of aliphatic hydroxyl groups excluding tert-OH is 1. The minimum Gasteiger partial charge on any atom is -0.387 e. The molecule has 0 spiro atoms. The molecule has 0 amide bonds. The lowest BCUT2D eigenvalue weighted by Gasteiger charge is -2.16. The van der Waals surface area contributed by atoms with Crippen molar-refractivity contribution in [3.05, 3.63) is 34.9 Å². The molecule has 0 saturated carbocycles. The highest BCUT2D eigenvalue weighted by Crippen LogP contribution is 2.23. The van der Waals surface area contributed by atoms with Gasteiger partial charge in [0.25, 0.3) is 0 Å². The molecule has 1 aromatic carbocycles. The van der Waals surface area contributed by atoms with Gasteiger partial charge in [0, 0.05) is 12.6 Å². The van der Waals surface area contributed by atoms with E-state index in [0.717, 1.165) is 25.0 Å². The molecule has 0 fully saturated rings. The Morgan fingerprint density at radius 2 is 2.19 bits per heavy atom. The lowest BCUT2D eigenvalue weighted by Crippen LogP contribution is -2.24. The Bertz CT molecular complexity index is 363. The van der Waals surface area contributed by atoms with Crippen LogP contribution >= 0.6 is 0 Å². The van der Waals surface area contributed by atoms with Crippen molar-refractivity contribution in [2.24, 2.45) is 5.73 Å². The van der Waals surface area contributed by atoms with Gasteiger partial charge in [-0.15, -0.1) is 0 Å². The van der Waals surface area contributed by atoms with Gasteiger partial charge in [-0.05, 0) is 36.5 Å². The Balaban J connectivity index is 2.27. The van der Waals surface area contributed by atoms with Crippen LogP contribution in [0.15, 0.2) is 18.2 Å². The van der Waals surface area contributed by atoms with Crippen LogP contribution in [0.25, 0.3) is 0 Å². The smallest absolute Gasteiger partial charge is 0.0938 e. The second-order valence-electron chi connectivity index (χ2n) is 4.49. The van der Waals surface area contributed by atoms with E-state index in [4.69, 9.17) is 10.5 Å². The maximum Gasteiger partial charge on any atom is 0.0938 e. The molecule has 1 aromatic rings. The van der Waals surface area contributed by atoms with Gasteiger partial charge in [0.2, 0.25) is 0 Å². The van der Waals surface area contributed by atoms with Crippen LogP contribution in [0, 0.1) is 0 Å². The van der Waals surface area contributed by atoms with E-state index in [9.17, 15) is 5.11 Å². The van der Waals surface area contributed by atoms with Crippen LogP contribution in [0.5, 0.6) is 0 Å². The fraction of sp³-hybridized carbons (Fsp3) is 0.538. The third kappa shape index (κ3) is 2.43. The summed E-state index contributed by atoms with van der Waals surface area (Å²) < 4.78 is 5.48. The van der Waals surface area contributed by atoms with E-state index in [1.165, 1.54) is 11.1 Å². The fourth-order valence-corrected chi connectivity index (χ4v) is 2.05. The fourth-order valence-electron chi connectivity index (χ4n) is 2.05.